The molecule has 5 nitrogen and oxygen atoms in total. The maximum atomic E-state index is 11.9. The molecule has 1 N–H and O–H groups in total. The number of aryl methyl sites for hydroxylation is 2. The second-order valence-corrected chi connectivity index (χ2v) is 5.41. The molecule has 2 heterocycles. The number of carbonyl (C=O) groups is 1. The fourth-order valence-electron chi connectivity index (χ4n) is 1.95. The highest BCUT2D eigenvalue weighted by molar-refractivity contribution is 7.99. The molecule has 0 radical (unpaired) electrons. The van der Waals surface area contributed by atoms with Gasteiger partial charge in [-0.2, -0.15) is 0 Å². The lowest BCUT2D eigenvalue weighted by Crippen LogP contribution is -2.47. The Morgan fingerprint density at radius 3 is 2.78 bits per heavy atom. The van der Waals surface area contributed by atoms with Crippen LogP contribution in [0.2, 0.25) is 0 Å². The number of nitrogens with zero attached hydrogens (tertiary/aromatic N) is 2. The molecule has 0 aromatic carbocycles. The second kappa shape index (κ2) is 6.24. The van der Waals surface area contributed by atoms with Crippen molar-refractivity contribution in [2.45, 2.75) is 19.6 Å². The molecule has 18 heavy (non-hydrogen) atoms. The van der Waals surface area contributed by atoms with Crippen molar-refractivity contribution in [1.82, 2.24) is 15.4 Å². The van der Waals surface area contributed by atoms with Crippen LogP contribution in [0.4, 0.5) is 0 Å². The van der Waals surface area contributed by atoms with E-state index in [1.165, 1.54) is 0 Å². The molecule has 1 amide bonds. The summed E-state index contributed by atoms with van der Waals surface area (Å²) in [6, 6.07) is 0. The first-order valence-electron chi connectivity index (χ1n) is 6.16. The van der Waals surface area contributed by atoms with Crippen LogP contribution in [-0.4, -0.2) is 47.9 Å². The zero-order chi connectivity index (χ0) is 13.0. The van der Waals surface area contributed by atoms with Gasteiger partial charge in [0.15, 0.2) is 0 Å². The normalized spacial score (nSPS) is 16.0. The smallest absolute Gasteiger partial charge is 0.232 e. The summed E-state index contributed by atoms with van der Waals surface area (Å²) in [5.41, 5.74) is 2.04. The van der Waals surface area contributed by atoms with Crippen molar-refractivity contribution in [3.8, 4) is 0 Å². The molecule has 1 fully saturated rings. The minimum absolute atomic E-state index is 0.230. The van der Waals surface area contributed by atoms with E-state index in [0.29, 0.717) is 5.75 Å². The van der Waals surface area contributed by atoms with Crippen LogP contribution in [0.5, 0.6) is 0 Å². The Morgan fingerprint density at radius 2 is 2.17 bits per heavy atom. The molecule has 6 heteroatoms. The van der Waals surface area contributed by atoms with Gasteiger partial charge in [-0.1, -0.05) is 5.16 Å². The van der Waals surface area contributed by atoms with E-state index >= 15 is 0 Å². The predicted octanol–water partition coefficient (Wildman–Crippen LogP) is 0.956. The van der Waals surface area contributed by atoms with E-state index in [-0.39, 0.29) is 5.91 Å². The van der Waals surface area contributed by atoms with Crippen LogP contribution < -0.4 is 5.32 Å². The van der Waals surface area contributed by atoms with E-state index in [4.69, 9.17) is 4.52 Å². The zero-order valence-electron chi connectivity index (χ0n) is 10.9. The van der Waals surface area contributed by atoms with Crippen LogP contribution in [0.1, 0.15) is 17.0 Å². The highest BCUT2D eigenvalue weighted by atomic mass is 32.2. The standard InChI is InChI=1S/C12H19N3O2S/c1-9-11(10(2)17-14-9)7-18-8-12(16)15-5-3-13-4-6-15/h13H,3-8H2,1-2H3. The SMILES string of the molecule is Cc1noc(C)c1CSCC(=O)N1CCNCC1. The van der Waals surface area contributed by atoms with Crippen molar-refractivity contribution in [2.75, 3.05) is 31.9 Å². The van der Waals surface area contributed by atoms with Crippen LogP contribution in [0.25, 0.3) is 0 Å². The van der Waals surface area contributed by atoms with Crippen molar-refractivity contribution in [3.63, 3.8) is 0 Å². The second-order valence-electron chi connectivity index (χ2n) is 4.43. The largest absolute Gasteiger partial charge is 0.361 e. The van der Waals surface area contributed by atoms with E-state index in [1.54, 1.807) is 11.8 Å². The van der Waals surface area contributed by atoms with E-state index in [1.807, 2.05) is 18.7 Å². The molecule has 0 saturated carbocycles. The predicted molar refractivity (Wildman–Crippen MR) is 71.6 cm³/mol. The molecule has 1 saturated heterocycles. The van der Waals surface area contributed by atoms with Gasteiger partial charge in [-0.05, 0) is 13.8 Å². The van der Waals surface area contributed by atoms with Crippen molar-refractivity contribution in [1.29, 1.82) is 0 Å². The number of thioether (sulfide) groups is 1. The van der Waals surface area contributed by atoms with Gasteiger partial charge in [0.2, 0.25) is 5.91 Å². The van der Waals surface area contributed by atoms with E-state index in [2.05, 4.69) is 10.5 Å². The monoisotopic (exact) mass is 269 g/mol. The summed E-state index contributed by atoms with van der Waals surface area (Å²) >= 11 is 1.63. The average molecular weight is 269 g/mol. The molecule has 2 rings (SSSR count). The molecule has 100 valence electrons. The lowest BCUT2D eigenvalue weighted by Gasteiger charge is -2.27. The molecule has 0 spiro atoms. The van der Waals surface area contributed by atoms with Crippen LogP contribution in [0.3, 0.4) is 0 Å². The van der Waals surface area contributed by atoms with Crippen molar-refractivity contribution in [3.05, 3.63) is 17.0 Å². The number of aromatic nitrogens is 1. The van der Waals surface area contributed by atoms with Gasteiger partial charge in [-0.15, -0.1) is 11.8 Å². The summed E-state index contributed by atoms with van der Waals surface area (Å²) in [7, 11) is 0. The van der Waals surface area contributed by atoms with Gasteiger partial charge in [-0.3, -0.25) is 4.79 Å². The Morgan fingerprint density at radius 1 is 1.44 bits per heavy atom. The molecule has 0 aliphatic carbocycles. The Bertz CT molecular complexity index is 394. The number of piperazine rings is 1. The number of nitrogens with one attached hydrogen (secondary N) is 1. The highest BCUT2D eigenvalue weighted by Gasteiger charge is 2.16. The maximum absolute atomic E-state index is 11.9. The van der Waals surface area contributed by atoms with Gasteiger partial charge < -0.3 is 14.7 Å². The molecule has 0 atom stereocenters. The molecule has 0 unspecified atom stereocenters. The third-order valence-corrected chi connectivity index (χ3v) is 4.07. The highest BCUT2D eigenvalue weighted by Crippen LogP contribution is 2.19. The van der Waals surface area contributed by atoms with E-state index < -0.39 is 0 Å². The molecule has 1 aliphatic rings. The first-order chi connectivity index (χ1) is 8.68. The van der Waals surface area contributed by atoms with Crippen molar-refractivity contribution in [2.24, 2.45) is 0 Å². The summed E-state index contributed by atoms with van der Waals surface area (Å²) in [6.45, 7) is 7.30. The minimum atomic E-state index is 0.230. The van der Waals surface area contributed by atoms with E-state index in [9.17, 15) is 4.79 Å². The lowest BCUT2D eigenvalue weighted by atomic mass is 10.2. The third-order valence-electron chi connectivity index (χ3n) is 3.12. The summed E-state index contributed by atoms with van der Waals surface area (Å²) in [5.74, 6) is 2.41. The van der Waals surface area contributed by atoms with Crippen LogP contribution in [0, 0.1) is 13.8 Å². The molecular formula is C12H19N3O2S. The quantitative estimate of drug-likeness (QED) is 0.882. The van der Waals surface area contributed by atoms with Gasteiger partial charge in [0.25, 0.3) is 0 Å². The van der Waals surface area contributed by atoms with Gasteiger partial charge in [-0.25, -0.2) is 0 Å². The van der Waals surface area contributed by atoms with Gasteiger partial charge in [0, 0.05) is 37.5 Å². The fourth-order valence-corrected chi connectivity index (χ4v) is 3.03. The zero-order valence-corrected chi connectivity index (χ0v) is 11.7. The number of hydrogen-bond acceptors (Lipinski definition) is 5. The van der Waals surface area contributed by atoms with Crippen LogP contribution >= 0.6 is 11.8 Å². The van der Waals surface area contributed by atoms with Crippen molar-refractivity contribution < 1.29 is 9.32 Å². The Balaban J connectivity index is 1.76. The number of carbonyl (C=O) groups excluding carboxylic acids is 1. The Kier molecular flexibility index (Phi) is 4.66. The maximum Gasteiger partial charge on any atom is 0.232 e. The molecule has 1 aromatic rings. The number of amides is 1. The van der Waals surface area contributed by atoms with Gasteiger partial charge in [0.1, 0.15) is 5.76 Å². The van der Waals surface area contributed by atoms with Gasteiger partial charge >= 0.3 is 0 Å². The number of rotatable bonds is 4. The summed E-state index contributed by atoms with van der Waals surface area (Å²) in [5, 5.41) is 7.15. The summed E-state index contributed by atoms with van der Waals surface area (Å²) < 4.78 is 5.10. The van der Waals surface area contributed by atoms with Crippen LogP contribution in [0.15, 0.2) is 4.52 Å². The molecule has 0 bridgehead atoms. The fraction of sp³-hybridized carbons (Fsp3) is 0.667. The van der Waals surface area contributed by atoms with E-state index in [0.717, 1.165) is 48.9 Å². The van der Waals surface area contributed by atoms with Gasteiger partial charge in [0.05, 0.1) is 11.4 Å². The molecule has 1 aromatic heterocycles. The summed E-state index contributed by atoms with van der Waals surface area (Å²) in [4.78, 5) is 13.9. The third kappa shape index (κ3) is 3.26. The Hall–Kier alpha value is -1.01. The van der Waals surface area contributed by atoms with Crippen LogP contribution in [-0.2, 0) is 10.5 Å². The average Bonchev–Trinajstić information content (AvgIpc) is 2.71. The topological polar surface area (TPSA) is 58.4 Å². The first kappa shape index (κ1) is 13.4. The molecule has 1 aliphatic heterocycles. The Labute approximate surface area is 111 Å². The lowest BCUT2D eigenvalue weighted by molar-refractivity contribution is -0.128. The minimum Gasteiger partial charge on any atom is -0.361 e. The number of hydrogen-bond donors (Lipinski definition) is 1. The summed E-state index contributed by atoms with van der Waals surface area (Å²) in [6.07, 6.45) is 0. The van der Waals surface area contributed by atoms with Crippen molar-refractivity contribution >= 4 is 17.7 Å². The molecular weight excluding hydrogens is 250 g/mol. The first-order valence-corrected chi connectivity index (χ1v) is 7.32.